The average molecular weight is 358 g/mol. The van der Waals surface area contributed by atoms with Crippen molar-refractivity contribution in [1.29, 1.82) is 0 Å². The lowest BCUT2D eigenvalue weighted by molar-refractivity contribution is 0.0952. The van der Waals surface area contributed by atoms with Crippen molar-refractivity contribution in [3.8, 4) is 11.5 Å². The highest BCUT2D eigenvalue weighted by atomic mass is 35.5. The van der Waals surface area contributed by atoms with Gasteiger partial charge in [0.1, 0.15) is 5.69 Å². The van der Waals surface area contributed by atoms with Crippen molar-refractivity contribution in [2.24, 2.45) is 7.05 Å². The molecule has 3 aromatic rings. The summed E-state index contributed by atoms with van der Waals surface area (Å²) in [7, 11) is 1.64. The Morgan fingerprint density at radius 1 is 1.20 bits per heavy atom. The Kier molecular flexibility index (Phi) is 4.95. The van der Waals surface area contributed by atoms with Crippen LogP contribution in [0.1, 0.15) is 10.4 Å². The first-order valence-electron chi connectivity index (χ1n) is 7.66. The first-order chi connectivity index (χ1) is 12.1. The predicted molar refractivity (Wildman–Crippen MR) is 94.5 cm³/mol. The monoisotopic (exact) mass is 357 g/mol. The second-order valence-corrected chi connectivity index (χ2v) is 5.75. The highest BCUT2D eigenvalue weighted by Crippen LogP contribution is 2.14. The van der Waals surface area contributed by atoms with E-state index < -0.39 is 0 Å². The van der Waals surface area contributed by atoms with E-state index in [1.807, 2.05) is 6.07 Å². The molecule has 0 aliphatic heterocycles. The second kappa shape index (κ2) is 7.31. The van der Waals surface area contributed by atoms with Crippen LogP contribution in [0, 0.1) is 0 Å². The van der Waals surface area contributed by atoms with Crippen LogP contribution >= 0.6 is 11.6 Å². The van der Waals surface area contributed by atoms with Crippen molar-refractivity contribution in [3.63, 3.8) is 0 Å². The minimum absolute atomic E-state index is 0.246. The van der Waals surface area contributed by atoms with Crippen LogP contribution < -0.4 is 11.0 Å². The third-order valence-corrected chi connectivity index (χ3v) is 3.99. The Morgan fingerprint density at radius 2 is 1.96 bits per heavy atom. The fourth-order valence-electron chi connectivity index (χ4n) is 2.37. The third kappa shape index (κ3) is 3.61. The molecule has 0 unspecified atom stereocenters. The quantitative estimate of drug-likeness (QED) is 0.754. The topological polar surface area (TPSA) is 81.8 Å². The van der Waals surface area contributed by atoms with E-state index in [1.165, 1.54) is 9.25 Å². The molecule has 0 radical (unpaired) electrons. The van der Waals surface area contributed by atoms with Crippen molar-refractivity contribution in [2.75, 3.05) is 6.54 Å². The van der Waals surface area contributed by atoms with Crippen LogP contribution in [-0.2, 0) is 13.6 Å². The number of nitrogens with one attached hydrogen (secondary N) is 1. The van der Waals surface area contributed by atoms with Gasteiger partial charge in [-0.3, -0.25) is 14.3 Å². The summed E-state index contributed by atoms with van der Waals surface area (Å²) in [4.78, 5) is 28.6. The molecular weight excluding hydrogens is 342 g/mol. The lowest BCUT2D eigenvalue weighted by atomic mass is 10.2. The van der Waals surface area contributed by atoms with Gasteiger partial charge in [0.05, 0.1) is 17.1 Å². The van der Waals surface area contributed by atoms with E-state index in [1.54, 1.807) is 49.6 Å². The van der Waals surface area contributed by atoms with Crippen LogP contribution in [0.15, 0.2) is 53.5 Å². The standard InChI is InChI=1S/C17H16ClN5O2/c1-22-15(14-8-4-5-9-19-14)21-23(17(22)25)11-10-20-16(24)12-6-2-3-7-13(12)18/h2-9H,10-11H2,1H3,(H,20,24). The Balaban J connectivity index is 1.69. The zero-order valence-electron chi connectivity index (χ0n) is 13.5. The number of benzene rings is 1. The first-order valence-corrected chi connectivity index (χ1v) is 8.03. The van der Waals surface area contributed by atoms with Crippen molar-refractivity contribution in [3.05, 3.63) is 69.7 Å². The van der Waals surface area contributed by atoms with Crippen molar-refractivity contribution < 1.29 is 4.79 Å². The Labute approximate surface area is 148 Å². The molecule has 1 aromatic carbocycles. The predicted octanol–water partition coefficient (Wildman–Crippen LogP) is 1.73. The third-order valence-electron chi connectivity index (χ3n) is 3.66. The van der Waals surface area contributed by atoms with Gasteiger partial charge in [-0.2, -0.15) is 0 Å². The number of nitrogens with zero attached hydrogens (tertiary/aromatic N) is 4. The summed E-state index contributed by atoms with van der Waals surface area (Å²) in [6.07, 6.45) is 1.64. The van der Waals surface area contributed by atoms with Crippen molar-refractivity contribution >= 4 is 17.5 Å². The molecule has 1 amide bonds. The van der Waals surface area contributed by atoms with E-state index in [4.69, 9.17) is 11.6 Å². The Bertz CT molecular complexity index is 949. The molecule has 2 heterocycles. The Hall–Kier alpha value is -2.93. The van der Waals surface area contributed by atoms with Crippen molar-refractivity contribution in [2.45, 2.75) is 6.54 Å². The van der Waals surface area contributed by atoms with Gasteiger partial charge in [0.15, 0.2) is 5.82 Å². The number of carbonyl (C=O) groups excluding carboxylic acids is 1. The highest BCUT2D eigenvalue weighted by molar-refractivity contribution is 6.33. The summed E-state index contributed by atoms with van der Waals surface area (Å²) >= 11 is 5.99. The summed E-state index contributed by atoms with van der Waals surface area (Å²) in [5.74, 6) is 0.183. The maximum atomic E-state index is 12.3. The van der Waals surface area contributed by atoms with Crippen LogP contribution in [0.2, 0.25) is 5.02 Å². The minimum Gasteiger partial charge on any atom is -0.350 e. The molecule has 7 nitrogen and oxygen atoms in total. The van der Waals surface area contributed by atoms with Gasteiger partial charge in [-0.1, -0.05) is 29.8 Å². The van der Waals surface area contributed by atoms with Gasteiger partial charge in [-0.25, -0.2) is 9.48 Å². The fourth-order valence-corrected chi connectivity index (χ4v) is 2.59. The summed E-state index contributed by atoms with van der Waals surface area (Å²) in [5, 5.41) is 7.41. The molecule has 0 saturated carbocycles. The number of hydrogen-bond acceptors (Lipinski definition) is 4. The zero-order chi connectivity index (χ0) is 17.8. The van der Waals surface area contributed by atoms with Crippen LogP contribution in [-0.4, -0.2) is 31.8 Å². The summed E-state index contributed by atoms with van der Waals surface area (Å²) < 4.78 is 2.73. The molecule has 0 aliphatic rings. The summed E-state index contributed by atoms with van der Waals surface area (Å²) in [5.41, 5.74) is 0.736. The lowest BCUT2D eigenvalue weighted by Gasteiger charge is -2.06. The van der Waals surface area contributed by atoms with Crippen LogP contribution in [0.4, 0.5) is 0 Å². The molecular formula is C17H16ClN5O2. The molecule has 0 spiro atoms. The number of amides is 1. The molecule has 8 heteroatoms. The average Bonchev–Trinajstić information content (AvgIpc) is 2.91. The van der Waals surface area contributed by atoms with Gasteiger partial charge in [0.25, 0.3) is 5.91 Å². The maximum Gasteiger partial charge on any atom is 0.346 e. The maximum absolute atomic E-state index is 12.3. The number of pyridine rings is 1. The van der Waals surface area contributed by atoms with Crippen LogP contribution in [0.3, 0.4) is 0 Å². The first kappa shape index (κ1) is 16.9. The highest BCUT2D eigenvalue weighted by Gasteiger charge is 2.13. The van der Waals surface area contributed by atoms with E-state index in [0.717, 1.165) is 0 Å². The molecule has 25 heavy (non-hydrogen) atoms. The van der Waals surface area contributed by atoms with Gasteiger partial charge in [0.2, 0.25) is 0 Å². The molecule has 0 saturated heterocycles. The lowest BCUT2D eigenvalue weighted by Crippen LogP contribution is -2.31. The van der Waals surface area contributed by atoms with E-state index in [9.17, 15) is 9.59 Å². The zero-order valence-corrected chi connectivity index (χ0v) is 14.3. The molecule has 3 rings (SSSR count). The van der Waals surface area contributed by atoms with Gasteiger partial charge < -0.3 is 5.32 Å². The molecule has 0 atom stereocenters. The van der Waals surface area contributed by atoms with Crippen LogP contribution in [0.5, 0.6) is 0 Å². The molecule has 0 bridgehead atoms. The normalized spacial score (nSPS) is 10.6. The Morgan fingerprint density at radius 3 is 2.68 bits per heavy atom. The number of halogens is 1. The van der Waals surface area contributed by atoms with Gasteiger partial charge in [-0.05, 0) is 24.3 Å². The van der Waals surface area contributed by atoms with E-state index in [-0.39, 0.29) is 24.7 Å². The molecule has 128 valence electrons. The summed E-state index contributed by atoms with van der Waals surface area (Å²) in [6, 6.07) is 12.2. The fraction of sp³-hybridized carbons (Fsp3) is 0.176. The molecule has 2 aromatic heterocycles. The number of hydrogen-bond donors (Lipinski definition) is 1. The molecule has 1 N–H and O–H groups in total. The van der Waals surface area contributed by atoms with Gasteiger partial charge in [-0.15, -0.1) is 5.10 Å². The molecule has 0 aliphatic carbocycles. The smallest absolute Gasteiger partial charge is 0.346 e. The second-order valence-electron chi connectivity index (χ2n) is 5.34. The van der Waals surface area contributed by atoms with Crippen LogP contribution in [0.25, 0.3) is 11.5 Å². The number of carbonyl (C=O) groups is 1. The number of aromatic nitrogens is 4. The largest absolute Gasteiger partial charge is 0.350 e. The van der Waals surface area contributed by atoms with E-state index in [2.05, 4.69) is 15.4 Å². The van der Waals surface area contributed by atoms with Gasteiger partial charge in [0, 0.05) is 19.8 Å². The van der Waals surface area contributed by atoms with Crippen molar-refractivity contribution in [1.82, 2.24) is 24.6 Å². The van der Waals surface area contributed by atoms with E-state index in [0.29, 0.717) is 22.1 Å². The van der Waals surface area contributed by atoms with Gasteiger partial charge >= 0.3 is 5.69 Å². The summed E-state index contributed by atoms with van der Waals surface area (Å²) in [6.45, 7) is 0.498. The van der Waals surface area contributed by atoms with E-state index >= 15 is 0 Å². The minimum atomic E-state index is -0.292. The molecule has 0 fully saturated rings. The SMILES string of the molecule is Cn1c(-c2ccccn2)nn(CCNC(=O)c2ccccc2Cl)c1=O. The number of rotatable bonds is 5.